The highest BCUT2D eigenvalue weighted by atomic mass is 16.5. The molecule has 0 aliphatic carbocycles. The second kappa shape index (κ2) is 9.22. The van der Waals surface area contributed by atoms with Gasteiger partial charge in [0.2, 0.25) is 5.89 Å². The van der Waals surface area contributed by atoms with Gasteiger partial charge in [-0.25, -0.2) is 0 Å². The topological polar surface area (TPSA) is 65.6 Å². The minimum absolute atomic E-state index is 0.572. The molecular weight excluding hydrogens is 392 g/mol. The van der Waals surface area contributed by atoms with E-state index in [1.807, 2.05) is 18.2 Å². The molecule has 2 aromatic carbocycles. The lowest BCUT2D eigenvalue weighted by Gasteiger charge is -2.16. The maximum atomic E-state index is 5.47. The van der Waals surface area contributed by atoms with Gasteiger partial charge in [-0.15, -0.1) is 0 Å². The van der Waals surface area contributed by atoms with E-state index < -0.39 is 0 Å². The van der Waals surface area contributed by atoms with E-state index in [0.717, 1.165) is 18.7 Å². The number of nitrogens with zero attached hydrogens (tertiary/aromatic N) is 4. The molecule has 2 heterocycles. The number of rotatable bonds is 9. The van der Waals surface area contributed by atoms with Crippen molar-refractivity contribution >= 4 is 10.9 Å². The second-order valence-corrected chi connectivity index (χ2v) is 7.70. The molecule has 0 aliphatic heterocycles. The van der Waals surface area contributed by atoms with Gasteiger partial charge in [-0.2, -0.15) is 4.98 Å². The Morgan fingerprint density at radius 2 is 1.84 bits per heavy atom. The van der Waals surface area contributed by atoms with Gasteiger partial charge >= 0.3 is 0 Å². The van der Waals surface area contributed by atoms with Crippen molar-refractivity contribution in [2.75, 3.05) is 27.8 Å². The van der Waals surface area contributed by atoms with Crippen LogP contribution in [0.2, 0.25) is 0 Å². The SMILES string of the molecule is COc1ccc(Cc2noc(CN(C)CCn3c(C)cc4ccccc43)n2)cc1OC. The van der Waals surface area contributed by atoms with Crippen LogP contribution in [0.25, 0.3) is 10.9 Å². The zero-order valence-corrected chi connectivity index (χ0v) is 18.5. The lowest BCUT2D eigenvalue weighted by Crippen LogP contribution is -2.23. The van der Waals surface area contributed by atoms with Crippen molar-refractivity contribution in [3.05, 3.63) is 71.5 Å². The Morgan fingerprint density at radius 3 is 2.65 bits per heavy atom. The molecule has 31 heavy (non-hydrogen) atoms. The van der Waals surface area contributed by atoms with Crippen LogP contribution in [-0.2, 0) is 19.5 Å². The van der Waals surface area contributed by atoms with Gasteiger partial charge in [-0.05, 0) is 49.2 Å². The predicted molar refractivity (Wildman–Crippen MR) is 120 cm³/mol. The van der Waals surface area contributed by atoms with Crippen LogP contribution in [0.5, 0.6) is 11.5 Å². The predicted octanol–water partition coefficient (Wildman–Crippen LogP) is 4.07. The molecule has 0 radical (unpaired) electrons. The Kier molecular flexibility index (Phi) is 6.23. The van der Waals surface area contributed by atoms with Crippen LogP contribution in [0, 0.1) is 6.92 Å². The van der Waals surface area contributed by atoms with Crippen LogP contribution in [-0.4, -0.2) is 47.4 Å². The number of ether oxygens (including phenoxy) is 2. The highest BCUT2D eigenvalue weighted by Crippen LogP contribution is 2.28. The fourth-order valence-electron chi connectivity index (χ4n) is 3.83. The number of benzene rings is 2. The summed E-state index contributed by atoms with van der Waals surface area (Å²) in [6, 6.07) is 16.5. The number of hydrogen-bond donors (Lipinski definition) is 0. The van der Waals surface area contributed by atoms with Gasteiger partial charge in [0.25, 0.3) is 0 Å². The quantitative estimate of drug-likeness (QED) is 0.407. The first-order valence-electron chi connectivity index (χ1n) is 10.3. The van der Waals surface area contributed by atoms with Gasteiger partial charge in [0.05, 0.1) is 20.8 Å². The molecular formula is C24H28N4O3. The van der Waals surface area contributed by atoms with Crippen molar-refractivity contribution in [2.24, 2.45) is 0 Å². The molecule has 4 rings (SSSR count). The van der Waals surface area contributed by atoms with Gasteiger partial charge in [0.1, 0.15) is 0 Å². The van der Waals surface area contributed by atoms with Crippen LogP contribution in [0.1, 0.15) is 23.0 Å². The second-order valence-electron chi connectivity index (χ2n) is 7.70. The molecule has 7 heteroatoms. The molecule has 7 nitrogen and oxygen atoms in total. The van der Waals surface area contributed by atoms with Gasteiger partial charge in [0.15, 0.2) is 17.3 Å². The summed E-state index contributed by atoms with van der Waals surface area (Å²) in [5, 5.41) is 5.41. The summed E-state index contributed by atoms with van der Waals surface area (Å²) in [5.41, 5.74) is 3.57. The molecule has 0 bridgehead atoms. The van der Waals surface area contributed by atoms with Crippen molar-refractivity contribution in [1.82, 2.24) is 19.6 Å². The van der Waals surface area contributed by atoms with Crippen LogP contribution >= 0.6 is 0 Å². The largest absolute Gasteiger partial charge is 0.493 e. The van der Waals surface area contributed by atoms with Crippen LogP contribution < -0.4 is 9.47 Å². The maximum Gasteiger partial charge on any atom is 0.240 e. The minimum Gasteiger partial charge on any atom is -0.493 e. The van der Waals surface area contributed by atoms with Crippen molar-refractivity contribution in [1.29, 1.82) is 0 Å². The summed E-state index contributed by atoms with van der Waals surface area (Å²) in [6.07, 6.45) is 0.572. The Balaban J connectivity index is 1.36. The number of aryl methyl sites for hydroxylation is 1. The average molecular weight is 421 g/mol. The van der Waals surface area contributed by atoms with E-state index in [2.05, 4.69) is 63.9 Å². The first kappa shape index (κ1) is 20.9. The molecule has 4 aromatic rings. The van der Waals surface area contributed by atoms with Gasteiger partial charge < -0.3 is 18.6 Å². The number of para-hydroxylation sites is 1. The minimum atomic E-state index is 0.572. The lowest BCUT2D eigenvalue weighted by molar-refractivity contribution is 0.259. The lowest BCUT2D eigenvalue weighted by atomic mass is 10.1. The van der Waals surface area contributed by atoms with E-state index in [-0.39, 0.29) is 0 Å². The fraction of sp³-hybridized carbons (Fsp3) is 0.333. The van der Waals surface area contributed by atoms with Gasteiger partial charge in [0, 0.05) is 30.7 Å². The molecule has 0 aliphatic rings. The normalized spacial score (nSPS) is 11.4. The Labute approximate surface area is 182 Å². The molecule has 162 valence electrons. The Morgan fingerprint density at radius 1 is 1.03 bits per heavy atom. The molecule has 0 saturated carbocycles. The van der Waals surface area contributed by atoms with Crippen molar-refractivity contribution in [2.45, 2.75) is 26.4 Å². The number of fused-ring (bicyclic) bond motifs is 1. The molecule has 0 amide bonds. The van der Waals surface area contributed by atoms with E-state index in [4.69, 9.17) is 14.0 Å². The zero-order chi connectivity index (χ0) is 21.8. The molecule has 0 atom stereocenters. The number of hydrogen-bond acceptors (Lipinski definition) is 6. The zero-order valence-electron chi connectivity index (χ0n) is 18.5. The monoisotopic (exact) mass is 420 g/mol. The van der Waals surface area contributed by atoms with E-state index in [9.17, 15) is 0 Å². The summed E-state index contributed by atoms with van der Waals surface area (Å²) in [6.45, 7) is 4.55. The Bertz CT molecular complexity index is 1160. The number of methoxy groups -OCH3 is 2. The molecule has 0 unspecified atom stereocenters. The van der Waals surface area contributed by atoms with E-state index in [1.165, 1.54) is 16.6 Å². The first-order chi connectivity index (χ1) is 15.1. The highest BCUT2D eigenvalue weighted by molar-refractivity contribution is 5.81. The van der Waals surface area contributed by atoms with Crippen molar-refractivity contribution < 1.29 is 14.0 Å². The number of likely N-dealkylation sites (N-methyl/N-ethyl adjacent to an activating group) is 1. The van der Waals surface area contributed by atoms with Gasteiger partial charge in [-0.1, -0.05) is 29.4 Å². The average Bonchev–Trinajstić information content (AvgIpc) is 3.34. The molecule has 0 spiro atoms. The van der Waals surface area contributed by atoms with E-state index >= 15 is 0 Å². The maximum absolute atomic E-state index is 5.47. The van der Waals surface area contributed by atoms with E-state index in [0.29, 0.717) is 36.2 Å². The third kappa shape index (κ3) is 4.72. The Hall–Kier alpha value is -3.32. The summed E-state index contributed by atoms with van der Waals surface area (Å²) >= 11 is 0. The first-order valence-corrected chi connectivity index (χ1v) is 10.3. The fourth-order valence-corrected chi connectivity index (χ4v) is 3.83. The summed E-state index contributed by atoms with van der Waals surface area (Å²) in [4.78, 5) is 6.75. The van der Waals surface area contributed by atoms with Crippen LogP contribution in [0.15, 0.2) is 53.1 Å². The van der Waals surface area contributed by atoms with E-state index in [1.54, 1.807) is 14.2 Å². The molecule has 0 saturated heterocycles. The molecule has 0 N–H and O–H groups in total. The summed E-state index contributed by atoms with van der Waals surface area (Å²) in [7, 11) is 5.32. The van der Waals surface area contributed by atoms with Crippen LogP contribution in [0.4, 0.5) is 0 Å². The van der Waals surface area contributed by atoms with Crippen molar-refractivity contribution in [3.8, 4) is 11.5 Å². The van der Waals surface area contributed by atoms with Crippen LogP contribution in [0.3, 0.4) is 0 Å². The standard InChI is InChI=1S/C24H28N4O3/c1-17-13-19-7-5-6-8-20(19)28(17)12-11-27(2)16-24-25-23(26-31-24)15-18-9-10-21(29-3)22(14-18)30-4/h5-10,13-14H,11-12,15-16H2,1-4H3. The highest BCUT2D eigenvalue weighted by Gasteiger charge is 2.12. The third-order valence-electron chi connectivity index (χ3n) is 5.45. The third-order valence-corrected chi connectivity index (χ3v) is 5.45. The number of aromatic nitrogens is 3. The van der Waals surface area contributed by atoms with Gasteiger partial charge in [-0.3, -0.25) is 4.90 Å². The smallest absolute Gasteiger partial charge is 0.240 e. The molecule has 0 fully saturated rings. The summed E-state index contributed by atoms with van der Waals surface area (Å²) < 4.78 is 18.5. The van der Waals surface area contributed by atoms with Crippen molar-refractivity contribution in [3.63, 3.8) is 0 Å². The summed E-state index contributed by atoms with van der Waals surface area (Å²) in [5.74, 6) is 2.67. The molecule has 2 aromatic heterocycles.